The molecule has 0 N–H and O–H groups in total. The number of hydrogen-bond acceptors (Lipinski definition) is 4. The first-order valence-electron chi connectivity index (χ1n) is 6.98. The summed E-state index contributed by atoms with van der Waals surface area (Å²) in [5, 5.41) is 0. The van der Waals surface area contributed by atoms with Gasteiger partial charge in [0, 0.05) is 32.2 Å². The number of sulfonamides is 1. The van der Waals surface area contributed by atoms with Crippen LogP contribution in [-0.2, 0) is 19.6 Å². The van der Waals surface area contributed by atoms with Crippen LogP contribution in [0.4, 0.5) is 0 Å². The zero-order valence-electron chi connectivity index (χ0n) is 12.6. The number of rotatable bonds is 3. The van der Waals surface area contributed by atoms with E-state index in [1.165, 1.54) is 4.31 Å². The van der Waals surface area contributed by atoms with Crippen molar-refractivity contribution < 1.29 is 17.9 Å². The van der Waals surface area contributed by atoms with Crippen LogP contribution in [0.1, 0.15) is 33.1 Å². The summed E-state index contributed by atoms with van der Waals surface area (Å²) in [7, 11) is -1.85. The molecule has 0 aromatic heterocycles. The number of carbonyl (C=O) groups is 1. The molecule has 0 radical (unpaired) electrons. The van der Waals surface area contributed by atoms with Gasteiger partial charge in [-0.05, 0) is 26.7 Å². The molecular weight excluding hydrogens is 280 g/mol. The van der Waals surface area contributed by atoms with Crippen molar-refractivity contribution in [3.8, 4) is 0 Å². The van der Waals surface area contributed by atoms with Crippen molar-refractivity contribution in [2.75, 3.05) is 26.5 Å². The maximum absolute atomic E-state index is 12.7. The molecule has 0 aromatic carbocycles. The quantitative estimate of drug-likeness (QED) is 0.758. The Bertz CT molecular complexity index is 489. The second-order valence-electron chi connectivity index (χ2n) is 6.35. The van der Waals surface area contributed by atoms with E-state index in [1.807, 2.05) is 18.7 Å². The highest BCUT2D eigenvalue weighted by Gasteiger charge is 2.46. The Kier molecular flexibility index (Phi) is 4.15. The molecule has 6 nitrogen and oxygen atoms in total. The van der Waals surface area contributed by atoms with Crippen molar-refractivity contribution in [1.29, 1.82) is 0 Å². The van der Waals surface area contributed by atoms with E-state index in [4.69, 9.17) is 4.74 Å². The number of ether oxygens (including phenoxy) is 1. The molecule has 0 unspecified atom stereocenters. The molecule has 2 aliphatic heterocycles. The lowest BCUT2D eigenvalue weighted by Crippen LogP contribution is -2.52. The maximum atomic E-state index is 12.7. The van der Waals surface area contributed by atoms with Gasteiger partial charge in [-0.2, -0.15) is 4.31 Å². The lowest BCUT2D eigenvalue weighted by molar-refractivity contribution is -0.137. The van der Waals surface area contributed by atoms with Gasteiger partial charge in [0.2, 0.25) is 15.9 Å². The summed E-state index contributed by atoms with van der Waals surface area (Å²) in [4.78, 5) is 14.6. The molecule has 2 aliphatic rings. The van der Waals surface area contributed by atoms with Crippen molar-refractivity contribution >= 4 is 15.9 Å². The van der Waals surface area contributed by atoms with Crippen molar-refractivity contribution in [2.24, 2.45) is 0 Å². The van der Waals surface area contributed by atoms with Gasteiger partial charge in [0.25, 0.3) is 0 Å². The van der Waals surface area contributed by atoms with E-state index in [-0.39, 0.29) is 24.1 Å². The van der Waals surface area contributed by atoms with Gasteiger partial charge in [-0.3, -0.25) is 4.79 Å². The molecule has 20 heavy (non-hydrogen) atoms. The SMILES string of the molecule is CO[C@H]1C[C@H](C(=O)N2CCCC2(C)C)N(S(C)(=O)=O)C1. The van der Waals surface area contributed by atoms with E-state index in [2.05, 4.69) is 0 Å². The van der Waals surface area contributed by atoms with Crippen LogP contribution in [0.15, 0.2) is 0 Å². The summed E-state index contributed by atoms with van der Waals surface area (Å²) in [5.74, 6) is -0.0857. The van der Waals surface area contributed by atoms with E-state index >= 15 is 0 Å². The highest BCUT2D eigenvalue weighted by Crippen LogP contribution is 2.32. The molecule has 0 aromatic rings. The minimum atomic E-state index is -3.40. The third-order valence-corrected chi connectivity index (χ3v) is 5.68. The minimum Gasteiger partial charge on any atom is -0.380 e. The molecule has 0 aliphatic carbocycles. The van der Waals surface area contributed by atoms with Crippen LogP contribution in [0.5, 0.6) is 0 Å². The lowest BCUT2D eigenvalue weighted by atomic mass is 10.0. The summed E-state index contributed by atoms with van der Waals surface area (Å²) in [5.41, 5.74) is -0.189. The normalized spacial score (nSPS) is 30.9. The second kappa shape index (κ2) is 5.27. The van der Waals surface area contributed by atoms with Crippen molar-refractivity contribution in [3.63, 3.8) is 0 Å². The Balaban J connectivity index is 2.23. The highest BCUT2D eigenvalue weighted by atomic mass is 32.2. The van der Waals surface area contributed by atoms with Gasteiger partial charge in [0.05, 0.1) is 12.4 Å². The van der Waals surface area contributed by atoms with Gasteiger partial charge in [-0.1, -0.05) is 0 Å². The van der Waals surface area contributed by atoms with Gasteiger partial charge in [-0.15, -0.1) is 0 Å². The molecule has 0 saturated carbocycles. The monoisotopic (exact) mass is 304 g/mol. The first-order valence-corrected chi connectivity index (χ1v) is 8.83. The summed E-state index contributed by atoms with van der Waals surface area (Å²) < 4.78 is 30.3. The van der Waals surface area contributed by atoms with E-state index < -0.39 is 16.1 Å². The molecule has 2 heterocycles. The number of hydrogen-bond donors (Lipinski definition) is 0. The average Bonchev–Trinajstić information content (AvgIpc) is 2.90. The van der Waals surface area contributed by atoms with Crippen molar-refractivity contribution in [3.05, 3.63) is 0 Å². The molecular formula is C13H24N2O4S. The summed E-state index contributed by atoms with van der Waals surface area (Å²) in [6.07, 6.45) is 3.32. The zero-order chi connectivity index (χ0) is 15.1. The number of nitrogens with zero attached hydrogens (tertiary/aromatic N) is 2. The lowest BCUT2D eigenvalue weighted by Gasteiger charge is -2.35. The van der Waals surface area contributed by atoms with Gasteiger partial charge >= 0.3 is 0 Å². The highest BCUT2D eigenvalue weighted by molar-refractivity contribution is 7.88. The molecule has 116 valence electrons. The Morgan fingerprint density at radius 2 is 2.00 bits per heavy atom. The summed E-state index contributed by atoms with van der Waals surface area (Å²) in [6.45, 7) is 5.04. The molecule has 0 bridgehead atoms. The van der Waals surface area contributed by atoms with Crippen LogP contribution < -0.4 is 0 Å². The second-order valence-corrected chi connectivity index (χ2v) is 8.28. The number of carbonyl (C=O) groups excluding carboxylic acids is 1. The van der Waals surface area contributed by atoms with Crippen LogP contribution in [0, 0.1) is 0 Å². The molecule has 1 amide bonds. The molecule has 7 heteroatoms. The summed E-state index contributed by atoms with van der Waals surface area (Å²) in [6, 6.07) is -0.618. The van der Waals surface area contributed by atoms with Gasteiger partial charge in [0.1, 0.15) is 6.04 Å². The van der Waals surface area contributed by atoms with Crippen molar-refractivity contribution in [1.82, 2.24) is 9.21 Å². The molecule has 2 fully saturated rings. The average molecular weight is 304 g/mol. The third-order valence-electron chi connectivity index (χ3n) is 4.43. The Morgan fingerprint density at radius 3 is 2.45 bits per heavy atom. The fourth-order valence-corrected chi connectivity index (χ4v) is 4.30. The first kappa shape index (κ1) is 15.7. The molecule has 2 saturated heterocycles. The number of likely N-dealkylation sites (tertiary alicyclic amines) is 1. The molecule has 0 spiro atoms. The van der Waals surface area contributed by atoms with Crippen molar-refractivity contribution in [2.45, 2.75) is 50.8 Å². The fraction of sp³-hybridized carbons (Fsp3) is 0.923. The minimum absolute atomic E-state index is 0.0857. The smallest absolute Gasteiger partial charge is 0.241 e. The molecule has 2 atom stereocenters. The van der Waals surface area contributed by atoms with E-state index in [0.717, 1.165) is 19.1 Å². The van der Waals surface area contributed by atoms with E-state index in [0.29, 0.717) is 13.0 Å². The van der Waals surface area contributed by atoms with Gasteiger partial charge in [0.15, 0.2) is 0 Å². The Hall–Kier alpha value is -0.660. The van der Waals surface area contributed by atoms with Gasteiger partial charge < -0.3 is 9.64 Å². The topological polar surface area (TPSA) is 66.9 Å². The first-order chi connectivity index (χ1) is 9.16. The van der Waals surface area contributed by atoms with Crippen LogP contribution >= 0.6 is 0 Å². The standard InChI is InChI=1S/C13H24N2O4S/c1-13(2)6-5-7-14(13)12(16)11-8-10(19-3)9-15(11)20(4,17)18/h10-11H,5-9H2,1-4H3/t10-,11+/m0/s1. The third kappa shape index (κ3) is 2.84. The Labute approximate surface area is 121 Å². The summed E-state index contributed by atoms with van der Waals surface area (Å²) >= 11 is 0. The van der Waals surface area contributed by atoms with Crippen LogP contribution in [-0.4, -0.2) is 67.7 Å². The number of amides is 1. The van der Waals surface area contributed by atoms with Crippen LogP contribution in [0.2, 0.25) is 0 Å². The Morgan fingerprint density at radius 1 is 1.35 bits per heavy atom. The van der Waals surface area contributed by atoms with Crippen LogP contribution in [0.3, 0.4) is 0 Å². The fourth-order valence-electron chi connectivity index (χ4n) is 3.23. The predicted molar refractivity (Wildman–Crippen MR) is 75.8 cm³/mol. The molecule has 2 rings (SSSR count). The number of methoxy groups -OCH3 is 1. The van der Waals surface area contributed by atoms with E-state index in [9.17, 15) is 13.2 Å². The largest absolute Gasteiger partial charge is 0.380 e. The maximum Gasteiger partial charge on any atom is 0.241 e. The van der Waals surface area contributed by atoms with Gasteiger partial charge in [-0.25, -0.2) is 8.42 Å². The zero-order valence-corrected chi connectivity index (χ0v) is 13.4. The predicted octanol–water partition coefficient (Wildman–Crippen LogP) is 0.436. The van der Waals surface area contributed by atoms with Crippen LogP contribution in [0.25, 0.3) is 0 Å². The van der Waals surface area contributed by atoms with E-state index in [1.54, 1.807) is 7.11 Å².